The van der Waals surface area contributed by atoms with Crippen LogP contribution >= 0.6 is 11.3 Å². The number of rotatable bonds is 4. The van der Waals surface area contributed by atoms with E-state index in [2.05, 4.69) is 19.1 Å². The van der Waals surface area contributed by atoms with Crippen molar-refractivity contribution in [3.05, 3.63) is 66.5 Å². The maximum Gasteiger partial charge on any atom is 0.277 e. The first-order valence-electron chi connectivity index (χ1n) is 6.69. The summed E-state index contributed by atoms with van der Waals surface area (Å²) < 4.78 is 26.4. The topological polar surface area (TPSA) is 39.1 Å². The van der Waals surface area contributed by atoms with Crippen molar-refractivity contribution in [2.75, 3.05) is 0 Å². The molecule has 0 amide bonds. The second kappa shape index (κ2) is 5.50. The maximum atomic E-state index is 12.4. The molecule has 2 aromatic heterocycles. The van der Waals surface area contributed by atoms with Crippen LogP contribution in [-0.2, 0) is 16.4 Å². The average molecular weight is 317 g/mol. The largest absolute Gasteiger partial charge is 0.277 e. The van der Waals surface area contributed by atoms with E-state index in [9.17, 15) is 8.42 Å². The lowest BCUT2D eigenvalue weighted by atomic mass is 10.1. The molecule has 0 radical (unpaired) electrons. The van der Waals surface area contributed by atoms with E-state index >= 15 is 0 Å². The van der Waals surface area contributed by atoms with Crippen molar-refractivity contribution in [3.63, 3.8) is 0 Å². The normalized spacial score (nSPS) is 11.7. The predicted octanol–water partition coefficient (Wildman–Crippen LogP) is 4.02. The number of hydrogen-bond acceptors (Lipinski definition) is 3. The number of aryl methyl sites for hydroxylation is 1. The molecule has 0 aliphatic heterocycles. The van der Waals surface area contributed by atoms with Crippen molar-refractivity contribution in [3.8, 4) is 10.4 Å². The van der Waals surface area contributed by atoms with E-state index in [4.69, 9.17) is 0 Å². The Balaban J connectivity index is 1.96. The molecule has 0 saturated carbocycles. The minimum absolute atomic E-state index is 0.355. The van der Waals surface area contributed by atoms with Gasteiger partial charge >= 0.3 is 0 Å². The third-order valence-electron chi connectivity index (χ3n) is 3.34. The van der Waals surface area contributed by atoms with Gasteiger partial charge in [-0.05, 0) is 41.8 Å². The summed E-state index contributed by atoms with van der Waals surface area (Å²) in [6, 6.07) is 15.2. The van der Waals surface area contributed by atoms with E-state index in [0.717, 1.165) is 16.9 Å². The number of aromatic nitrogens is 1. The van der Waals surface area contributed by atoms with Gasteiger partial charge in [0.1, 0.15) is 4.21 Å². The Labute approximate surface area is 128 Å². The highest BCUT2D eigenvalue weighted by atomic mass is 32.2. The Morgan fingerprint density at radius 1 is 1.00 bits per heavy atom. The fourth-order valence-electron chi connectivity index (χ4n) is 2.10. The highest BCUT2D eigenvalue weighted by Crippen LogP contribution is 2.31. The predicted molar refractivity (Wildman–Crippen MR) is 86.1 cm³/mol. The molecule has 0 saturated heterocycles. The highest BCUT2D eigenvalue weighted by molar-refractivity contribution is 7.92. The van der Waals surface area contributed by atoms with Gasteiger partial charge in [0.05, 0.1) is 0 Å². The first-order chi connectivity index (χ1) is 10.1. The third-order valence-corrected chi connectivity index (χ3v) is 6.59. The molecule has 0 fully saturated rings. The fraction of sp³-hybridized carbons (Fsp3) is 0.125. The van der Waals surface area contributed by atoms with Crippen LogP contribution in [0.15, 0.2) is 65.1 Å². The van der Waals surface area contributed by atoms with Gasteiger partial charge in [-0.25, -0.2) is 3.97 Å². The van der Waals surface area contributed by atoms with Crippen molar-refractivity contribution < 1.29 is 8.42 Å². The van der Waals surface area contributed by atoms with Crippen LogP contribution in [0.3, 0.4) is 0 Å². The standard InChI is InChI=1S/C16H15NO2S2/c1-2-13-5-7-14(8-6-13)15-9-10-16(20-15)21(18,19)17-11-3-4-12-17/h3-12H,2H2,1H3. The van der Waals surface area contributed by atoms with Crippen molar-refractivity contribution in [2.45, 2.75) is 17.6 Å². The molecular weight excluding hydrogens is 302 g/mol. The molecule has 0 atom stereocenters. The molecule has 3 nitrogen and oxygen atoms in total. The van der Waals surface area contributed by atoms with Gasteiger partial charge < -0.3 is 0 Å². The average Bonchev–Trinajstić information content (AvgIpc) is 3.19. The lowest BCUT2D eigenvalue weighted by molar-refractivity contribution is 0.589. The molecule has 0 N–H and O–H groups in total. The van der Waals surface area contributed by atoms with Gasteiger partial charge in [0.2, 0.25) is 0 Å². The zero-order chi connectivity index (χ0) is 14.9. The van der Waals surface area contributed by atoms with Gasteiger partial charge in [0.25, 0.3) is 10.0 Å². The monoisotopic (exact) mass is 317 g/mol. The Morgan fingerprint density at radius 3 is 2.29 bits per heavy atom. The fourth-order valence-corrected chi connectivity index (χ4v) is 4.70. The first kappa shape index (κ1) is 14.1. The lowest BCUT2D eigenvalue weighted by Crippen LogP contribution is -2.08. The van der Waals surface area contributed by atoms with Gasteiger partial charge in [0.15, 0.2) is 0 Å². The number of hydrogen-bond donors (Lipinski definition) is 0. The second-order valence-corrected chi connectivity index (χ2v) is 7.84. The van der Waals surface area contributed by atoms with Crippen LogP contribution in [0, 0.1) is 0 Å². The number of benzene rings is 1. The van der Waals surface area contributed by atoms with Gasteiger partial charge in [-0.15, -0.1) is 11.3 Å². The molecule has 0 aliphatic carbocycles. The molecule has 2 heterocycles. The third kappa shape index (κ3) is 2.66. The van der Waals surface area contributed by atoms with Crippen LogP contribution < -0.4 is 0 Å². The molecule has 3 aromatic rings. The molecule has 5 heteroatoms. The lowest BCUT2D eigenvalue weighted by Gasteiger charge is -2.02. The summed E-state index contributed by atoms with van der Waals surface area (Å²) in [6.07, 6.45) is 4.09. The van der Waals surface area contributed by atoms with Gasteiger partial charge in [-0.1, -0.05) is 31.2 Å². The van der Waals surface area contributed by atoms with Crippen LogP contribution in [0.5, 0.6) is 0 Å². The summed E-state index contributed by atoms with van der Waals surface area (Å²) >= 11 is 1.30. The molecule has 3 rings (SSSR count). The van der Waals surface area contributed by atoms with Crippen LogP contribution in [-0.4, -0.2) is 12.4 Å². The summed E-state index contributed by atoms with van der Waals surface area (Å²) in [7, 11) is -3.46. The summed E-state index contributed by atoms with van der Waals surface area (Å²) in [6.45, 7) is 2.11. The molecular formula is C16H15NO2S2. The minimum atomic E-state index is -3.46. The van der Waals surface area contributed by atoms with Crippen LogP contribution in [0.4, 0.5) is 0 Å². The zero-order valence-electron chi connectivity index (χ0n) is 11.6. The quantitative estimate of drug-likeness (QED) is 0.729. The van der Waals surface area contributed by atoms with Crippen LogP contribution in [0.25, 0.3) is 10.4 Å². The summed E-state index contributed by atoms with van der Waals surface area (Å²) in [5, 5.41) is 0. The van der Waals surface area contributed by atoms with Crippen molar-refractivity contribution >= 4 is 21.4 Å². The maximum absolute atomic E-state index is 12.4. The van der Waals surface area contributed by atoms with E-state index in [1.807, 2.05) is 18.2 Å². The molecule has 0 aliphatic rings. The van der Waals surface area contributed by atoms with Crippen LogP contribution in [0.2, 0.25) is 0 Å². The van der Waals surface area contributed by atoms with E-state index in [-0.39, 0.29) is 0 Å². The zero-order valence-corrected chi connectivity index (χ0v) is 13.2. The molecule has 108 valence electrons. The summed E-state index contributed by atoms with van der Waals surface area (Å²) in [5.41, 5.74) is 2.32. The Hall–Kier alpha value is -1.85. The van der Waals surface area contributed by atoms with Crippen molar-refractivity contribution in [1.29, 1.82) is 0 Å². The van der Waals surface area contributed by atoms with Crippen molar-refractivity contribution in [2.24, 2.45) is 0 Å². The Kier molecular flexibility index (Phi) is 3.69. The number of thiophene rings is 1. The molecule has 0 unspecified atom stereocenters. The van der Waals surface area contributed by atoms with E-state index in [1.165, 1.54) is 20.9 Å². The molecule has 0 spiro atoms. The highest BCUT2D eigenvalue weighted by Gasteiger charge is 2.18. The SMILES string of the molecule is CCc1ccc(-c2ccc(S(=O)(=O)n3cccc3)s2)cc1. The molecule has 21 heavy (non-hydrogen) atoms. The Bertz CT molecular complexity index is 829. The summed E-state index contributed by atoms with van der Waals surface area (Å²) in [4.78, 5) is 0.961. The van der Waals surface area contributed by atoms with Crippen molar-refractivity contribution in [1.82, 2.24) is 3.97 Å². The van der Waals surface area contributed by atoms with Crippen LogP contribution in [0.1, 0.15) is 12.5 Å². The number of nitrogens with zero attached hydrogens (tertiary/aromatic N) is 1. The second-order valence-electron chi connectivity index (χ2n) is 4.69. The van der Waals surface area contributed by atoms with E-state index in [1.54, 1.807) is 30.6 Å². The minimum Gasteiger partial charge on any atom is -0.248 e. The van der Waals surface area contributed by atoms with E-state index in [0.29, 0.717) is 4.21 Å². The molecule has 1 aromatic carbocycles. The van der Waals surface area contributed by atoms with E-state index < -0.39 is 10.0 Å². The molecule has 0 bridgehead atoms. The van der Waals surface area contributed by atoms with Gasteiger partial charge in [0, 0.05) is 17.3 Å². The summed E-state index contributed by atoms with van der Waals surface area (Å²) in [5.74, 6) is 0. The first-order valence-corrected chi connectivity index (χ1v) is 8.94. The smallest absolute Gasteiger partial charge is 0.248 e. The van der Waals surface area contributed by atoms with Gasteiger partial charge in [-0.3, -0.25) is 0 Å². The Morgan fingerprint density at radius 2 is 1.67 bits per heavy atom. The van der Waals surface area contributed by atoms with Gasteiger partial charge in [-0.2, -0.15) is 8.42 Å².